The van der Waals surface area contributed by atoms with Gasteiger partial charge in [0.25, 0.3) is 5.56 Å². The number of fused-ring (bicyclic) bond motifs is 7. The molecular formula is C30H30N8O3. The fourth-order valence-electron chi connectivity index (χ4n) is 6.54. The molecule has 1 aromatic carbocycles. The van der Waals surface area contributed by atoms with Crippen LogP contribution in [0, 0.1) is 0 Å². The van der Waals surface area contributed by atoms with E-state index in [0.29, 0.717) is 72.3 Å². The van der Waals surface area contributed by atoms with Gasteiger partial charge in [0.1, 0.15) is 12.0 Å². The Labute approximate surface area is 236 Å². The molecular weight excluding hydrogens is 520 g/mol. The Morgan fingerprint density at radius 1 is 1.07 bits per heavy atom. The van der Waals surface area contributed by atoms with Crippen molar-refractivity contribution in [3.05, 3.63) is 70.2 Å². The monoisotopic (exact) mass is 550 g/mol. The van der Waals surface area contributed by atoms with Gasteiger partial charge in [-0.1, -0.05) is 18.2 Å². The summed E-state index contributed by atoms with van der Waals surface area (Å²) in [5.41, 5.74) is 4.25. The molecule has 1 amide bonds. The van der Waals surface area contributed by atoms with Crippen LogP contribution in [0.3, 0.4) is 0 Å². The Hall–Kier alpha value is -4.51. The highest BCUT2D eigenvalue weighted by atomic mass is 16.5. The lowest BCUT2D eigenvalue weighted by Crippen LogP contribution is -2.38. The normalized spacial score (nSPS) is 19.2. The molecule has 3 aromatic heterocycles. The molecule has 1 spiro atoms. The summed E-state index contributed by atoms with van der Waals surface area (Å²) in [4.78, 5) is 44.7. The van der Waals surface area contributed by atoms with E-state index in [4.69, 9.17) is 14.7 Å². The van der Waals surface area contributed by atoms with E-state index in [1.54, 1.807) is 32.6 Å². The number of ether oxygens (including phenoxy) is 1. The van der Waals surface area contributed by atoms with Crippen molar-refractivity contribution in [2.75, 3.05) is 37.0 Å². The molecule has 4 aliphatic rings. The van der Waals surface area contributed by atoms with E-state index in [0.717, 1.165) is 18.8 Å². The molecule has 0 unspecified atom stereocenters. The van der Waals surface area contributed by atoms with E-state index < -0.39 is 0 Å². The zero-order valence-electron chi connectivity index (χ0n) is 22.8. The molecule has 208 valence electrons. The summed E-state index contributed by atoms with van der Waals surface area (Å²) in [5.74, 6) is 1.88. The molecule has 3 aliphatic heterocycles. The Balaban J connectivity index is 1.23. The van der Waals surface area contributed by atoms with E-state index in [1.165, 1.54) is 24.0 Å². The quantitative estimate of drug-likeness (QED) is 0.379. The summed E-state index contributed by atoms with van der Waals surface area (Å²) in [6, 6.07) is 10.1. The molecule has 41 heavy (non-hydrogen) atoms. The van der Waals surface area contributed by atoms with Gasteiger partial charge >= 0.3 is 0 Å². The zero-order chi connectivity index (χ0) is 27.7. The van der Waals surface area contributed by atoms with Crippen molar-refractivity contribution in [2.24, 2.45) is 0 Å². The van der Waals surface area contributed by atoms with Crippen molar-refractivity contribution >= 4 is 34.4 Å². The maximum atomic E-state index is 13.5. The maximum Gasteiger partial charge on any atom is 0.278 e. The van der Waals surface area contributed by atoms with Crippen molar-refractivity contribution < 1.29 is 9.53 Å². The molecule has 1 aliphatic carbocycles. The molecule has 1 saturated carbocycles. The van der Waals surface area contributed by atoms with Crippen LogP contribution in [-0.2, 0) is 23.3 Å². The predicted molar refractivity (Wildman–Crippen MR) is 154 cm³/mol. The van der Waals surface area contributed by atoms with Crippen LogP contribution in [0.1, 0.15) is 36.8 Å². The highest BCUT2D eigenvalue weighted by Gasteiger charge is 2.48. The first-order valence-electron chi connectivity index (χ1n) is 14.2. The lowest BCUT2D eigenvalue weighted by molar-refractivity contribution is -0.118. The van der Waals surface area contributed by atoms with Crippen LogP contribution < -0.4 is 20.5 Å². The number of carbonyl (C=O) groups is 1. The minimum atomic E-state index is -0.205. The van der Waals surface area contributed by atoms with Gasteiger partial charge < -0.3 is 15.0 Å². The minimum Gasteiger partial charge on any atom is -0.488 e. The van der Waals surface area contributed by atoms with E-state index >= 15 is 0 Å². The number of anilines is 3. The number of allylic oxidation sites excluding steroid dienone is 2. The number of carbonyl (C=O) groups excluding carboxylic acids is 1. The molecule has 0 radical (unpaired) electrons. The van der Waals surface area contributed by atoms with E-state index in [-0.39, 0.29) is 11.5 Å². The summed E-state index contributed by atoms with van der Waals surface area (Å²) >= 11 is 0. The number of pyridine rings is 1. The summed E-state index contributed by atoms with van der Waals surface area (Å²) in [6.45, 7) is 3.18. The number of benzene rings is 1. The third-order valence-corrected chi connectivity index (χ3v) is 8.62. The van der Waals surface area contributed by atoms with Crippen LogP contribution in [0.4, 0.5) is 17.5 Å². The van der Waals surface area contributed by atoms with Crippen LogP contribution in [-0.4, -0.2) is 61.9 Å². The predicted octanol–water partition coefficient (Wildman–Crippen LogP) is 3.27. The second-order valence-corrected chi connectivity index (χ2v) is 11.5. The SMILES string of the molecule is CN1Cc2cc(Nc3ncc4c(=O)n5n(c4n3)-c3ccc4c(n3)N(CCO4)C(=O)CCC=CC5)ccc2C2(CC2)C1. The molecule has 6 heterocycles. The van der Waals surface area contributed by atoms with Gasteiger partial charge in [-0.15, -0.1) is 0 Å². The smallest absolute Gasteiger partial charge is 0.278 e. The summed E-state index contributed by atoms with van der Waals surface area (Å²) in [7, 11) is 2.18. The summed E-state index contributed by atoms with van der Waals surface area (Å²) in [5, 5.41) is 3.76. The Kier molecular flexibility index (Phi) is 5.33. The van der Waals surface area contributed by atoms with Gasteiger partial charge in [-0.3, -0.25) is 14.5 Å². The van der Waals surface area contributed by atoms with Crippen molar-refractivity contribution in [1.82, 2.24) is 29.2 Å². The van der Waals surface area contributed by atoms with E-state index in [9.17, 15) is 9.59 Å². The van der Waals surface area contributed by atoms with Crippen LogP contribution in [0.15, 0.2) is 53.5 Å². The molecule has 4 aromatic rings. The van der Waals surface area contributed by atoms with Gasteiger partial charge in [0.05, 0.1) is 13.1 Å². The largest absolute Gasteiger partial charge is 0.488 e. The first-order chi connectivity index (χ1) is 20.0. The topological polar surface area (TPSA) is 110 Å². The number of hydrogen-bond donors (Lipinski definition) is 1. The van der Waals surface area contributed by atoms with Gasteiger partial charge in [0, 0.05) is 36.8 Å². The lowest BCUT2D eigenvalue weighted by Gasteiger charge is -2.32. The Morgan fingerprint density at radius 2 is 1.98 bits per heavy atom. The maximum absolute atomic E-state index is 13.5. The fraction of sp³-hybridized carbons (Fsp3) is 0.367. The van der Waals surface area contributed by atoms with Crippen molar-refractivity contribution in [3.8, 4) is 11.6 Å². The number of likely N-dealkylation sites (N-methyl/N-ethyl adjacent to an activating group) is 1. The molecule has 8 rings (SSSR count). The molecule has 2 bridgehead atoms. The average Bonchev–Trinajstić information content (AvgIpc) is 3.67. The second-order valence-electron chi connectivity index (χ2n) is 11.5. The molecule has 0 atom stereocenters. The first kappa shape index (κ1) is 24.3. The first-order valence-corrected chi connectivity index (χ1v) is 14.2. The molecule has 1 N–H and O–H groups in total. The number of nitrogens with zero attached hydrogens (tertiary/aromatic N) is 7. The Bertz CT molecular complexity index is 1820. The summed E-state index contributed by atoms with van der Waals surface area (Å²) in [6.07, 6.45) is 8.85. The zero-order valence-corrected chi connectivity index (χ0v) is 22.8. The number of nitrogens with one attached hydrogen (secondary N) is 1. The summed E-state index contributed by atoms with van der Waals surface area (Å²) < 4.78 is 9.12. The number of amides is 1. The van der Waals surface area contributed by atoms with Crippen molar-refractivity contribution in [1.29, 1.82) is 0 Å². The van der Waals surface area contributed by atoms with Crippen LogP contribution in [0.25, 0.3) is 16.9 Å². The van der Waals surface area contributed by atoms with Crippen molar-refractivity contribution in [3.63, 3.8) is 0 Å². The molecule has 11 heteroatoms. The van der Waals surface area contributed by atoms with Gasteiger partial charge in [-0.2, -0.15) is 4.98 Å². The van der Waals surface area contributed by atoms with Crippen LogP contribution in [0.5, 0.6) is 5.75 Å². The van der Waals surface area contributed by atoms with Gasteiger partial charge in [0.15, 0.2) is 23.0 Å². The number of hydrogen-bond acceptors (Lipinski definition) is 8. The van der Waals surface area contributed by atoms with E-state index in [1.807, 2.05) is 12.2 Å². The van der Waals surface area contributed by atoms with Crippen LogP contribution >= 0.6 is 0 Å². The average molecular weight is 551 g/mol. The van der Waals surface area contributed by atoms with Gasteiger partial charge in [-0.05, 0) is 61.7 Å². The highest BCUT2D eigenvalue weighted by molar-refractivity contribution is 5.94. The Morgan fingerprint density at radius 3 is 2.85 bits per heavy atom. The standard InChI is InChI=1S/C30H30N8O3/c1-35-17-19-15-20(6-7-22(19)30(18-35)10-11-30)32-29-31-16-21-26(34-29)38-24-9-8-23-27(33-24)36(13-14-41-23)25(39)5-3-2-4-12-37(38)28(21)40/h2,4,6-9,15-16H,3,5,10-14,17-18H2,1H3,(H,31,32,34). The van der Waals surface area contributed by atoms with Gasteiger partial charge in [-0.25, -0.2) is 19.3 Å². The van der Waals surface area contributed by atoms with Gasteiger partial charge in [0.2, 0.25) is 11.9 Å². The minimum absolute atomic E-state index is 0.00293. The van der Waals surface area contributed by atoms with E-state index in [2.05, 4.69) is 40.4 Å². The third-order valence-electron chi connectivity index (χ3n) is 8.62. The number of aromatic nitrogens is 5. The molecule has 11 nitrogen and oxygen atoms in total. The molecule has 0 saturated heterocycles. The number of rotatable bonds is 2. The second kappa shape index (κ2) is 9.00. The molecule has 1 fully saturated rings. The highest BCUT2D eigenvalue weighted by Crippen LogP contribution is 2.52. The van der Waals surface area contributed by atoms with Crippen LogP contribution in [0.2, 0.25) is 0 Å². The van der Waals surface area contributed by atoms with Crippen molar-refractivity contribution in [2.45, 2.75) is 44.2 Å². The third kappa shape index (κ3) is 3.94. The fourth-order valence-corrected chi connectivity index (χ4v) is 6.54. The lowest BCUT2D eigenvalue weighted by atomic mass is 9.87.